The molecule has 0 bridgehead atoms. The number of nitrogens with two attached hydrogens (primary N) is 4. The summed E-state index contributed by atoms with van der Waals surface area (Å²) in [5.41, 5.74) is 22.0. The van der Waals surface area contributed by atoms with Crippen molar-refractivity contribution < 1.29 is 19.8 Å². The van der Waals surface area contributed by atoms with Gasteiger partial charge in [0.1, 0.15) is 12.1 Å². The lowest BCUT2D eigenvalue weighted by molar-refractivity contribution is -0.141. The topological polar surface area (TPSA) is 203 Å². The van der Waals surface area contributed by atoms with Gasteiger partial charge in [0.05, 0.1) is 0 Å². The second-order valence-corrected chi connectivity index (χ2v) is 15.5. The lowest BCUT2D eigenvalue weighted by atomic mass is 9.44. The van der Waals surface area contributed by atoms with E-state index in [9.17, 15) is 14.7 Å². The van der Waals surface area contributed by atoms with Gasteiger partial charge in [-0.25, -0.2) is 0 Å². The van der Waals surface area contributed by atoms with Crippen LogP contribution in [0.1, 0.15) is 124 Å². The maximum atomic E-state index is 11.8. The van der Waals surface area contributed by atoms with E-state index in [1.165, 1.54) is 64.2 Å². The van der Waals surface area contributed by atoms with Crippen molar-refractivity contribution in [2.75, 3.05) is 13.1 Å². The van der Waals surface area contributed by atoms with E-state index in [2.05, 4.69) is 38.0 Å². The molecule has 4 fully saturated rings. The highest BCUT2D eigenvalue weighted by atomic mass is 16.4. The maximum absolute atomic E-state index is 11.8. The summed E-state index contributed by atoms with van der Waals surface area (Å²) >= 11 is 0. The number of carbonyl (C=O) groups is 2. The Bertz CT molecular complexity index is 991. The summed E-state index contributed by atoms with van der Waals surface area (Å²) in [4.78, 5) is 25.7. The molecule has 0 aromatic rings. The highest BCUT2D eigenvalue weighted by molar-refractivity contribution is 5.75. The summed E-state index contributed by atoms with van der Waals surface area (Å²) in [5.74, 6) is 3.66. The predicted molar refractivity (Wildman–Crippen MR) is 181 cm³/mol. The molecule has 0 aliphatic heterocycles. The molecule has 260 valence electrons. The fourth-order valence-corrected chi connectivity index (χ4v) is 10.6. The summed E-state index contributed by atoms with van der Waals surface area (Å²) < 4.78 is 0. The number of guanidine groups is 1. The van der Waals surface area contributed by atoms with Gasteiger partial charge in [0.15, 0.2) is 5.96 Å². The van der Waals surface area contributed by atoms with Crippen LogP contribution in [-0.2, 0) is 9.59 Å². The van der Waals surface area contributed by atoms with Crippen LogP contribution in [0.15, 0.2) is 4.99 Å². The predicted octanol–water partition coefficient (Wildman–Crippen LogP) is 4.68. The Kier molecular flexibility index (Phi) is 14.0. The average molecular weight is 635 g/mol. The monoisotopic (exact) mass is 635 g/mol. The molecule has 4 saturated carbocycles. The van der Waals surface area contributed by atoms with Crippen molar-refractivity contribution in [1.82, 2.24) is 5.32 Å². The van der Waals surface area contributed by atoms with Crippen LogP contribution in [0.5, 0.6) is 0 Å². The Labute approximate surface area is 272 Å². The molecule has 4 rings (SSSR count). The molecule has 10 nitrogen and oxygen atoms in total. The first-order chi connectivity index (χ1) is 21.3. The Balaban J connectivity index is 0.000000392. The third-order valence-electron chi connectivity index (χ3n) is 12.9. The molecule has 4 aliphatic rings. The number of fused-ring (bicyclic) bond motifs is 5. The molecule has 0 amide bonds. The SMILES string of the molecule is CCC[C@@H](C)[C@H]1CCC2C3CCC4CC(N[C@@H](CCCN)C(=O)O)CC[C@]4(C)C3CC[C@@]21C.NC(N)=NCCC[C@H](N)C(=O)O. The molecular formula is C35H66N6O4. The first kappa shape index (κ1) is 37.5. The van der Waals surface area contributed by atoms with Crippen molar-refractivity contribution in [2.24, 2.45) is 74.3 Å². The highest BCUT2D eigenvalue weighted by Crippen LogP contribution is 2.68. The number of aliphatic carboxylic acids is 2. The van der Waals surface area contributed by atoms with E-state index in [1.54, 1.807) is 0 Å². The van der Waals surface area contributed by atoms with Crippen LogP contribution >= 0.6 is 0 Å². The summed E-state index contributed by atoms with van der Waals surface area (Å²) in [5, 5.41) is 21.6. The Hall–Kier alpha value is -1.91. The molecule has 0 spiro atoms. The normalized spacial score (nSPS) is 35.8. The van der Waals surface area contributed by atoms with Crippen LogP contribution in [0.25, 0.3) is 0 Å². The van der Waals surface area contributed by atoms with Gasteiger partial charge in [-0.1, -0.05) is 40.5 Å². The van der Waals surface area contributed by atoms with E-state index in [1.807, 2.05) is 0 Å². The lowest BCUT2D eigenvalue weighted by Gasteiger charge is -2.61. The van der Waals surface area contributed by atoms with E-state index >= 15 is 0 Å². The minimum atomic E-state index is -1.00. The lowest BCUT2D eigenvalue weighted by Crippen LogP contribution is -2.56. The third kappa shape index (κ3) is 9.13. The van der Waals surface area contributed by atoms with Crippen molar-refractivity contribution in [3.05, 3.63) is 0 Å². The van der Waals surface area contributed by atoms with E-state index in [0.717, 1.165) is 48.3 Å². The quantitative estimate of drug-likeness (QED) is 0.0804. The van der Waals surface area contributed by atoms with Crippen LogP contribution in [0, 0.1) is 46.3 Å². The summed E-state index contributed by atoms with van der Waals surface area (Å²) in [6.07, 6.45) is 17.3. The van der Waals surface area contributed by atoms with Gasteiger partial charge in [0.2, 0.25) is 0 Å². The molecule has 0 saturated heterocycles. The molecule has 11 atom stereocenters. The zero-order valence-electron chi connectivity index (χ0n) is 28.7. The average Bonchev–Trinajstić information content (AvgIpc) is 3.35. The smallest absolute Gasteiger partial charge is 0.320 e. The van der Waals surface area contributed by atoms with Crippen molar-refractivity contribution >= 4 is 17.9 Å². The molecule has 0 aromatic carbocycles. The summed E-state index contributed by atoms with van der Waals surface area (Å²) in [7, 11) is 0. The molecule has 10 heteroatoms. The second kappa shape index (κ2) is 16.8. The third-order valence-corrected chi connectivity index (χ3v) is 12.9. The number of hydrogen-bond acceptors (Lipinski definition) is 6. The van der Waals surface area contributed by atoms with E-state index < -0.39 is 24.0 Å². The highest BCUT2D eigenvalue weighted by Gasteiger charge is 2.60. The Morgan fingerprint density at radius 2 is 1.60 bits per heavy atom. The van der Waals surface area contributed by atoms with Gasteiger partial charge in [-0.15, -0.1) is 0 Å². The first-order valence-corrected chi connectivity index (χ1v) is 18.0. The molecule has 0 radical (unpaired) electrons. The van der Waals surface area contributed by atoms with Crippen LogP contribution in [0.2, 0.25) is 0 Å². The minimum absolute atomic E-state index is 0.0129. The van der Waals surface area contributed by atoms with Crippen LogP contribution in [0.3, 0.4) is 0 Å². The zero-order chi connectivity index (χ0) is 33.4. The van der Waals surface area contributed by atoms with Crippen molar-refractivity contribution in [3.8, 4) is 0 Å². The molecule has 45 heavy (non-hydrogen) atoms. The summed E-state index contributed by atoms with van der Waals surface area (Å²) in [6.45, 7) is 11.2. The standard InChI is InChI=1S/C29H52N2O2.C6H14N4O2/c1-5-7-19(2)23-11-12-24-22-10-9-20-18-21(31-26(27(32)33)8-6-17-30)13-15-28(20,3)25(22)14-16-29(23,24)4;7-4(5(11)12)2-1-3-10-6(8)9/h19-26,31H,5-18,30H2,1-4H3,(H,32,33);4H,1-3,7H2,(H,11,12)(H4,8,9,10)/t19-,20?,21?,22?,23-,24?,25?,26+,28+,29-;4-/m10/s1. The minimum Gasteiger partial charge on any atom is -0.480 e. The van der Waals surface area contributed by atoms with Crippen molar-refractivity contribution in [2.45, 2.75) is 142 Å². The molecule has 0 heterocycles. The van der Waals surface area contributed by atoms with Gasteiger partial charge in [0, 0.05) is 12.6 Å². The van der Waals surface area contributed by atoms with E-state index in [0.29, 0.717) is 49.2 Å². The largest absolute Gasteiger partial charge is 0.480 e. The van der Waals surface area contributed by atoms with Crippen molar-refractivity contribution in [1.29, 1.82) is 0 Å². The van der Waals surface area contributed by atoms with Gasteiger partial charge >= 0.3 is 11.9 Å². The molecule has 0 aromatic heterocycles. The van der Waals surface area contributed by atoms with E-state index in [4.69, 9.17) is 28.0 Å². The van der Waals surface area contributed by atoms with Gasteiger partial charge < -0.3 is 38.5 Å². The zero-order valence-corrected chi connectivity index (χ0v) is 28.7. The van der Waals surface area contributed by atoms with Gasteiger partial charge in [-0.05, 0) is 136 Å². The van der Waals surface area contributed by atoms with Crippen molar-refractivity contribution in [3.63, 3.8) is 0 Å². The second-order valence-electron chi connectivity index (χ2n) is 15.5. The van der Waals surface area contributed by atoms with Crippen LogP contribution < -0.4 is 28.3 Å². The first-order valence-electron chi connectivity index (χ1n) is 18.0. The fraction of sp³-hybridized carbons (Fsp3) is 0.914. The van der Waals surface area contributed by atoms with E-state index in [-0.39, 0.29) is 5.96 Å². The number of hydrogen-bond donors (Lipinski definition) is 7. The molecular weight excluding hydrogens is 568 g/mol. The maximum Gasteiger partial charge on any atom is 0.320 e. The molecule has 11 N–H and O–H groups in total. The summed E-state index contributed by atoms with van der Waals surface area (Å²) in [6, 6.07) is -0.896. The number of rotatable bonds is 14. The van der Waals surface area contributed by atoms with Crippen LogP contribution in [-0.4, -0.2) is 59.3 Å². The number of carboxylic acids is 2. The number of nitrogens with one attached hydrogen (secondary N) is 1. The van der Waals surface area contributed by atoms with Gasteiger partial charge in [-0.3, -0.25) is 14.6 Å². The molecule has 4 aliphatic carbocycles. The fourth-order valence-electron chi connectivity index (χ4n) is 10.6. The Morgan fingerprint density at radius 3 is 2.22 bits per heavy atom. The Morgan fingerprint density at radius 1 is 0.911 bits per heavy atom. The number of nitrogens with zero attached hydrogens (tertiary/aromatic N) is 1. The van der Waals surface area contributed by atoms with Gasteiger partial charge in [0.25, 0.3) is 0 Å². The van der Waals surface area contributed by atoms with Gasteiger partial charge in [-0.2, -0.15) is 0 Å². The number of aliphatic imine (C=N–C) groups is 1. The molecule has 5 unspecified atom stereocenters. The number of carboxylic acid groups (broad SMARTS) is 2. The van der Waals surface area contributed by atoms with Crippen LogP contribution in [0.4, 0.5) is 0 Å².